The van der Waals surface area contributed by atoms with Crippen LogP contribution in [0.15, 0.2) is 113 Å². The van der Waals surface area contributed by atoms with Gasteiger partial charge in [0.2, 0.25) is 6.61 Å². The lowest BCUT2D eigenvalue weighted by atomic mass is 10.0. The number of thioether (sulfide) groups is 1. The quantitative estimate of drug-likeness (QED) is 0.0785. The summed E-state index contributed by atoms with van der Waals surface area (Å²) in [4.78, 5) is 14.7. The average Bonchev–Trinajstić information content (AvgIpc) is 2.97. The van der Waals surface area contributed by atoms with E-state index >= 15 is 0 Å². The SMILES string of the molecule is CC(=N/C(C)=C/C(Cc1ccc(-c2ccc(F)cc2)cc1)Sc1ccc(OCC(O)=[OH+])c(C)c1)c1ccc(C(F)(F)F)cc1. The predicted octanol–water partition coefficient (Wildman–Crippen LogP) is 9.38. The van der Waals surface area contributed by atoms with E-state index in [1.165, 1.54) is 24.3 Å². The molecule has 0 amide bonds. The number of alkyl halides is 3. The number of hydrogen-bond acceptors (Lipinski definition) is 3. The second-order valence-corrected chi connectivity index (χ2v) is 11.6. The standard InChI is InChI=1S/C35H31F4NO3S/c1-22-18-31(16-17-33(22)43-21-34(41)42)44-32(20-25-4-6-27(7-5-25)28-10-14-30(36)15-11-28)19-23(2)40-24(3)26-8-12-29(13-9-26)35(37,38)39/h4-19,32H,20-21H2,1-3H3,(H,41,42)/p+1/b23-19+,40-24?. The molecule has 4 nitrogen and oxygen atoms in total. The molecule has 0 saturated carbocycles. The number of benzene rings is 4. The maximum Gasteiger partial charge on any atom is 0.519 e. The van der Waals surface area contributed by atoms with Crippen molar-refractivity contribution in [2.45, 2.75) is 43.5 Å². The molecule has 0 aromatic heterocycles. The smallest absolute Gasteiger partial charge is 0.475 e. The molecule has 0 spiro atoms. The first-order valence-corrected chi connectivity index (χ1v) is 14.7. The summed E-state index contributed by atoms with van der Waals surface area (Å²) in [6.07, 6.45) is -1.71. The van der Waals surface area contributed by atoms with Crippen molar-refractivity contribution in [3.8, 4) is 16.9 Å². The van der Waals surface area contributed by atoms with Crippen LogP contribution in [-0.4, -0.2) is 33.4 Å². The van der Waals surface area contributed by atoms with Gasteiger partial charge < -0.3 is 14.6 Å². The van der Waals surface area contributed by atoms with E-state index in [1.54, 1.807) is 36.9 Å². The first kappa shape index (κ1) is 32.5. The summed E-state index contributed by atoms with van der Waals surface area (Å²) in [5.74, 6) is -0.559. The van der Waals surface area contributed by atoms with E-state index in [0.717, 1.165) is 39.3 Å². The Morgan fingerprint density at radius 3 is 2.11 bits per heavy atom. The van der Waals surface area contributed by atoms with E-state index in [4.69, 9.17) is 14.6 Å². The molecule has 0 saturated heterocycles. The van der Waals surface area contributed by atoms with Crippen molar-refractivity contribution >= 4 is 23.4 Å². The number of nitrogens with zero attached hydrogens (tertiary/aromatic N) is 1. The van der Waals surface area contributed by atoms with Gasteiger partial charge in [-0.3, -0.25) is 4.99 Å². The van der Waals surface area contributed by atoms with Gasteiger partial charge in [0.05, 0.1) is 5.56 Å². The zero-order chi connectivity index (χ0) is 31.9. The van der Waals surface area contributed by atoms with Crippen LogP contribution in [0.2, 0.25) is 0 Å². The molecule has 1 atom stereocenters. The molecular weight excluding hydrogens is 590 g/mol. The van der Waals surface area contributed by atoms with Crippen molar-refractivity contribution in [1.82, 2.24) is 0 Å². The molecule has 0 radical (unpaired) electrons. The number of halogens is 4. The molecule has 4 rings (SSSR count). The number of aryl methyl sites for hydroxylation is 1. The third-order valence-electron chi connectivity index (χ3n) is 6.76. The molecule has 0 fully saturated rings. The van der Waals surface area contributed by atoms with Crippen molar-refractivity contribution < 1.29 is 32.2 Å². The summed E-state index contributed by atoms with van der Waals surface area (Å²) in [5.41, 5.74) is 5.00. The van der Waals surface area contributed by atoms with Crippen LogP contribution in [0.3, 0.4) is 0 Å². The van der Waals surface area contributed by atoms with Crippen LogP contribution in [-0.2, 0) is 12.6 Å². The minimum absolute atomic E-state index is 0.0585. The molecule has 0 bridgehead atoms. The molecule has 0 aliphatic rings. The molecular formula is C35H32F4NO3S+. The van der Waals surface area contributed by atoms with E-state index in [1.807, 2.05) is 56.3 Å². The Hall–Kier alpha value is -4.37. The molecule has 0 aliphatic heterocycles. The van der Waals surface area contributed by atoms with Crippen molar-refractivity contribution in [2.24, 2.45) is 4.99 Å². The largest absolute Gasteiger partial charge is 0.519 e. The molecule has 228 valence electrons. The number of hydrogen-bond donors (Lipinski definition) is 1. The Morgan fingerprint density at radius 1 is 0.932 bits per heavy atom. The second-order valence-electron chi connectivity index (χ2n) is 10.3. The third kappa shape index (κ3) is 9.31. The Balaban J connectivity index is 1.58. The van der Waals surface area contributed by atoms with E-state index in [-0.39, 0.29) is 17.7 Å². The molecule has 44 heavy (non-hydrogen) atoms. The highest BCUT2D eigenvalue weighted by atomic mass is 32.2. The fraction of sp³-hybridized carbons (Fsp3) is 0.200. The van der Waals surface area contributed by atoms with Crippen LogP contribution in [0.4, 0.5) is 17.6 Å². The molecule has 4 aromatic carbocycles. The topological polar surface area (TPSA) is 63.2 Å². The zero-order valence-corrected chi connectivity index (χ0v) is 25.2. The maximum atomic E-state index is 13.4. The van der Waals surface area contributed by atoms with Crippen LogP contribution in [0, 0.1) is 12.7 Å². The fourth-order valence-corrected chi connectivity index (χ4v) is 5.83. The molecule has 9 heteroatoms. The van der Waals surface area contributed by atoms with E-state index in [9.17, 15) is 17.6 Å². The van der Waals surface area contributed by atoms with Gasteiger partial charge in [0.15, 0.2) is 0 Å². The van der Waals surface area contributed by atoms with Gasteiger partial charge in [0.1, 0.15) is 11.6 Å². The molecule has 2 N–H and O–H groups in total. The first-order chi connectivity index (χ1) is 20.9. The minimum Gasteiger partial charge on any atom is -0.475 e. The molecule has 4 aromatic rings. The third-order valence-corrected chi connectivity index (χ3v) is 7.89. The minimum atomic E-state index is -4.40. The zero-order valence-electron chi connectivity index (χ0n) is 24.4. The lowest BCUT2D eigenvalue weighted by Crippen LogP contribution is -2.10. The Kier molecular flexibility index (Phi) is 10.7. The Morgan fingerprint density at radius 2 is 1.55 bits per heavy atom. The monoisotopic (exact) mass is 622 g/mol. The van der Waals surface area contributed by atoms with Crippen LogP contribution in [0.5, 0.6) is 5.75 Å². The molecule has 1 unspecified atom stereocenters. The lowest BCUT2D eigenvalue weighted by molar-refractivity contribution is -0.137. The number of carboxylic acid groups (broad SMARTS) is 1. The van der Waals surface area contributed by atoms with Gasteiger partial charge in [-0.05, 0) is 104 Å². The number of allylic oxidation sites excluding steroid dienone is 1. The number of rotatable bonds is 11. The van der Waals surface area contributed by atoms with Crippen molar-refractivity contribution in [3.05, 3.63) is 131 Å². The van der Waals surface area contributed by atoms with E-state index < -0.39 is 17.7 Å². The maximum absolute atomic E-state index is 13.4. The summed E-state index contributed by atoms with van der Waals surface area (Å²) < 4.78 is 57.8. The van der Waals surface area contributed by atoms with Gasteiger partial charge >= 0.3 is 12.1 Å². The van der Waals surface area contributed by atoms with Crippen LogP contribution in [0.1, 0.15) is 36.1 Å². The fourth-order valence-electron chi connectivity index (χ4n) is 4.55. The van der Waals surface area contributed by atoms with E-state index in [2.05, 4.69) is 4.99 Å². The number of aliphatic hydroxyl groups excluding tert-OH is 1. The average molecular weight is 623 g/mol. The highest BCUT2D eigenvalue weighted by Crippen LogP contribution is 2.32. The summed E-state index contributed by atoms with van der Waals surface area (Å²) in [6.45, 7) is 5.18. The van der Waals surface area contributed by atoms with Gasteiger partial charge in [-0.2, -0.15) is 13.2 Å². The Labute approximate surface area is 258 Å². The molecule has 0 aliphatic carbocycles. The predicted molar refractivity (Wildman–Crippen MR) is 169 cm³/mol. The van der Waals surface area contributed by atoms with Gasteiger partial charge in [-0.1, -0.05) is 48.5 Å². The summed E-state index contributed by atoms with van der Waals surface area (Å²) >= 11 is 1.62. The van der Waals surface area contributed by atoms with Crippen LogP contribution < -0.4 is 4.74 Å². The van der Waals surface area contributed by atoms with Crippen LogP contribution in [0.25, 0.3) is 11.1 Å². The van der Waals surface area contributed by atoms with Crippen molar-refractivity contribution in [3.63, 3.8) is 0 Å². The number of ether oxygens (including phenoxy) is 1. The van der Waals surface area contributed by atoms with E-state index in [0.29, 0.717) is 29.1 Å². The van der Waals surface area contributed by atoms with Gasteiger partial charge in [0.25, 0.3) is 0 Å². The van der Waals surface area contributed by atoms with Crippen molar-refractivity contribution in [2.75, 3.05) is 6.61 Å². The normalized spacial score (nSPS) is 13.1. The van der Waals surface area contributed by atoms with Crippen molar-refractivity contribution in [1.29, 1.82) is 0 Å². The summed E-state index contributed by atoms with van der Waals surface area (Å²) in [7, 11) is 0. The number of carboxylic acids is 1. The first-order valence-electron chi connectivity index (χ1n) is 13.8. The highest BCUT2D eigenvalue weighted by molar-refractivity contribution is 8.00. The number of aliphatic imine (C=N–C) groups is 1. The molecule has 0 heterocycles. The van der Waals surface area contributed by atoms with Gasteiger partial charge in [0, 0.05) is 21.6 Å². The lowest BCUT2D eigenvalue weighted by Gasteiger charge is -2.16. The number of aliphatic carboxylic acids is 1. The second kappa shape index (κ2) is 14.4. The Bertz CT molecular complexity index is 1650. The summed E-state index contributed by atoms with van der Waals surface area (Å²) in [5, 5.41) is 8.98. The van der Waals surface area contributed by atoms with Gasteiger partial charge in [-0.25, -0.2) is 4.39 Å². The van der Waals surface area contributed by atoms with Crippen LogP contribution >= 0.6 is 11.8 Å². The summed E-state index contributed by atoms with van der Waals surface area (Å²) in [6, 6.07) is 25.0. The van der Waals surface area contributed by atoms with Gasteiger partial charge in [-0.15, -0.1) is 11.8 Å². The highest BCUT2D eigenvalue weighted by Gasteiger charge is 2.30.